The van der Waals surface area contributed by atoms with Crippen molar-refractivity contribution in [1.29, 1.82) is 0 Å². The van der Waals surface area contributed by atoms with E-state index in [1.165, 1.54) is 5.56 Å². The zero-order valence-corrected chi connectivity index (χ0v) is 13.5. The average Bonchev–Trinajstić information content (AvgIpc) is 2.91. The van der Waals surface area contributed by atoms with Crippen LogP contribution in [0.2, 0.25) is 0 Å². The first kappa shape index (κ1) is 14.7. The molecule has 0 aliphatic carbocycles. The second-order valence-corrected chi connectivity index (χ2v) is 6.33. The standard InChI is InChI=1S/C18H18N2OS/c1-18(2,13-8-4-3-5-9-13)19-17(22)12-15-14-10-6-7-11-16(14)21-20-15/h3-11H,12H2,1-2H3,(H,19,22). The number of rotatable bonds is 4. The first-order chi connectivity index (χ1) is 10.6. The van der Waals surface area contributed by atoms with E-state index in [1.54, 1.807) is 0 Å². The Kier molecular flexibility index (Phi) is 3.94. The Bertz CT molecular complexity index is 793. The average molecular weight is 310 g/mol. The Morgan fingerprint density at radius 3 is 2.55 bits per heavy atom. The maximum absolute atomic E-state index is 5.52. The van der Waals surface area contributed by atoms with Crippen LogP contribution < -0.4 is 5.32 Å². The lowest BCUT2D eigenvalue weighted by Crippen LogP contribution is -2.40. The summed E-state index contributed by atoms with van der Waals surface area (Å²) in [5.74, 6) is 0. The molecule has 0 aliphatic heterocycles. The predicted molar refractivity (Wildman–Crippen MR) is 92.9 cm³/mol. The molecule has 22 heavy (non-hydrogen) atoms. The van der Waals surface area contributed by atoms with Crippen LogP contribution >= 0.6 is 12.2 Å². The molecule has 4 heteroatoms. The lowest BCUT2D eigenvalue weighted by Gasteiger charge is -2.28. The fraction of sp³-hybridized carbons (Fsp3) is 0.222. The van der Waals surface area contributed by atoms with Gasteiger partial charge in [0.25, 0.3) is 0 Å². The zero-order chi connectivity index (χ0) is 15.6. The summed E-state index contributed by atoms with van der Waals surface area (Å²) >= 11 is 5.52. The molecular formula is C18H18N2OS. The van der Waals surface area contributed by atoms with Crippen LogP contribution in [0.15, 0.2) is 59.1 Å². The topological polar surface area (TPSA) is 38.1 Å². The molecule has 0 aliphatic rings. The molecule has 1 aromatic heterocycles. The summed E-state index contributed by atoms with van der Waals surface area (Å²) in [5, 5.41) is 8.58. The minimum Gasteiger partial charge on any atom is -0.370 e. The summed E-state index contributed by atoms with van der Waals surface area (Å²) in [6.45, 7) is 4.24. The van der Waals surface area contributed by atoms with Gasteiger partial charge in [0, 0.05) is 11.8 Å². The summed E-state index contributed by atoms with van der Waals surface area (Å²) in [4.78, 5) is 0.757. The Morgan fingerprint density at radius 1 is 1.09 bits per heavy atom. The molecule has 0 saturated heterocycles. The van der Waals surface area contributed by atoms with Gasteiger partial charge in [-0.3, -0.25) is 0 Å². The van der Waals surface area contributed by atoms with E-state index in [9.17, 15) is 0 Å². The second kappa shape index (κ2) is 5.89. The summed E-state index contributed by atoms with van der Waals surface area (Å²) in [5.41, 5.74) is 2.64. The van der Waals surface area contributed by atoms with Gasteiger partial charge in [-0.1, -0.05) is 59.8 Å². The van der Waals surface area contributed by atoms with Gasteiger partial charge in [0.1, 0.15) is 0 Å². The summed E-state index contributed by atoms with van der Waals surface area (Å²) in [6, 6.07) is 18.1. The SMILES string of the molecule is CC(C)(NC(=S)Cc1noc2ccccc12)c1ccccc1. The van der Waals surface area contributed by atoms with Gasteiger partial charge in [0.15, 0.2) is 5.58 Å². The van der Waals surface area contributed by atoms with Gasteiger partial charge in [-0.15, -0.1) is 0 Å². The third kappa shape index (κ3) is 3.02. The van der Waals surface area contributed by atoms with E-state index in [1.807, 2.05) is 42.5 Å². The van der Waals surface area contributed by atoms with Crippen molar-refractivity contribution in [2.24, 2.45) is 0 Å². The summed E-state index contributed by atoms with van der Waals surface area (Å²) < 4.78 is 5.33. The Balaban J connectivity index is 1.75. The fourth-order valence-corrected chi connectivity index (χ4v) is 2.93. The molecule has 1 N–H and O–H groups in total. The van der Waals surface area contributed by atoms with E-state index in [0.29, 0.717) is 6.42 Å². The molecule has 0 spiro atoms. The van der Waals surface area contributed by atoms with E-state index in [0.717, 1.165) is 21.7 Å². The summed E-state index contributed by atoms with van der Waals surface area (Å²) in [6.07, 6.45) is 0.572. The Labute approximate surface area is 135 Å². The van der Waals surface area contributed by atoms with Crippen molar-refractivity contribution in [3.63, 3.8) is 0 Å². The Hall–Kier alpha value is -2.20. The predicted octanol–water partition coefficient (Wildman–Crippen LogP) is 4.22. The lowest BCUT2D eigenvalue weighted by molar-refractivity contribution is 0.447. The highest BCUT2D eigenvalue weighted by atomic mass is 32.1. The van der Waals surface area contributed by atoms with Crippen LogP contribution in [0.4, 0.5) is 0 Å². The second-order valence-electron chi connectivity index (χ2n) is 5.84. The van der Waals surface area contributed by atoms with Crippen LogP contribution in [0, 0.1) is 0 Å². The molecule has 0 saturated carbocycles. The maximum Gasteiger partial charge on any atom is 0.167 e. The van der Waals surface area contributed by atoms with Crippen molar-refractivity contribution < 1.29 is 4.52 Å². The minimum absolute atomic E-state index is 0.224. The molecular weight excluding hydrogens is 292 g/mol. The number of benzene rings is 2. The number of thiocarbonyl (C=S) groups is 1. The number of nitrogens with zero attached hydrogens (tertiary/aromatic N) is 1. The molecule has 1 heterocycles. The van der Waals surface area contributed by atoms with E-state index < -0.39 is 0 Å². The van der Waals surface area contributed by atoms with Gasteiger partial charge >= 0.3 is 0 Å². The van der Waals surface area contributed by atoms with Crippen LogP contribution in [0.25, 0.3) is 11.0 Å². The van der Waals surface area contributed by atoms with Gasteiger partial charge < -0.3 is 9.84 Å². The number of hydrogen-bond acceptors (Lipinski definition) is 3. The monoisotopic (exact) mass is 310 g/mol. The maximum atomic E-state index is 5.52. The highest BCUT2D eigenvalue weighted by Crippen LogP contribution is 2.21. The van der Waals surface area contributed by atoms with Crippen molar-refractivity contribution in [3.05, 3.63) is 65.9 Å². The first-order valence-electron chi connectivity index (χ1n) is 7.26. The van der Waals surface area contributed by atoms with Crippen molar-refractivity contribution in [2.75, 3.05) is 0 Å². The van der Waals surface area contributed by atoms with Crippen LogP contribution in [-0.2, 0) is 12.0 Å². The molecule has 3 rings (SSSR count). The molecule has 0 amide bonds. The van der Waals surface area contributed by atoms with Gasteiger partial charge in [-0.2, -0.15) is 0 Å². The van der Waals surface area contributed by atoms with Gasteiger partial charge in [-0.25, -0.2) is 0 Å². The molecule has 3 nitrogen and oxygen atoms in total. The number of hydrogen-bond donors (Lipinski definition) is 1. The number of aromatic nitrogens is 1. The van der Waals surface area contributed by atoms with Crippen molar-refractivity contribution in [2.45, 2.75) is 25.8 Å². The van der Waals surface area contributed by atoms with E-state index in [2.05, 4.69) is 36.5 Å². The van der Waals surface area contributed by atoms with E-state index >= 15 is 0 Å². The normalized spacial score (nSPS) is 11.5. The minimum atomic E-state index is -0.224. The molecule has 0 bridgehead atoms. The molecule has 0 radical (unpaired) electrons. The van der Waals surface area contributed by atoms with Crippen LogP contribution in [0.1, 0.15) is 25.1 Å². The largest absolute Gasteiger partial charge is 0.370 e. The van der Waals surface area contributed by atoms with Crippen LogP contribution in [-0.4, -0.2) is 10.1 Å². The third-order valence-corrected chi connectivity index (χ3v) is 3.97. The lowest BCUT2D eigenvalue weighted by atomic mass is 9.94. The van der Waals surface area contributed by atoms with Crippen molar-refractivity contribution >= 4 is 28.2 Å². The number of nitrogens with one attached hydrogen (secondary N) is 1. The molecule has 0 unspecified atom stereocenters. The van der Waals surface area contributed by atoms with E-state index in [4.69, 9.17) is 16.7 Å². The van der Waals surface area contributed by atoms with Gasteiger partial charge in [-0.05, 0) is 31.5 Å². The van der Waals surface area contributed by atoms with E-state index in [-0.39, 0.29) is 5.54 Å². The first-order valence-corrected chi connectivity index (χ1v) is 7.67. The number of fused-ring (bicyclic) bond motifs is 1. The van der Waals surface area contributed by atoms with Crippen LogP contribution in [0.5, 0.6) is 0 Å². The molecule has 2 aromatic carbocycles. The zero-order valence-electron chi connectivity index (χ0n) is 12.7. The summed E-state index contributed by atoms with van der Waals surface area (Å²) in [7, 11) is 0. The van der Waals surface area contributed by atoms with Crippen molar-refractivity contribution in [1.82, 2.24) is 10.5 Å². The fourth-order valence-electron chi connectivity index (χ4n) is 2.54. The highest BCUT2D eigenvalue weighted by Gasteiger charge is 2.21. The molecule has 3 aromatic rings. The smallest absolute Gasteiger partial charge is 0.167 e. The number of para-hydroxylation sites is 1. The third-order valence-electron chi connectivity index (χ3n) is 3.73. The molecule has 0 fully saturated rings. The van der Waals surface area contributed by atoms with Crippen molar-refractivity contribution in [3.8, 4) is 0 Å². The van der Waals surface area contributed by atoms with Crippen LogP contribution in [0.3, 0.4) is 0 Å². The molecule has 0 atom stereocenters. The highest BCUT2D eigenvalue weighted by molar-refractivity contribution is 7.80. The molecule has 112 valence electrons. The Morgan fingerprint density at radius 2 is 1.77 bits per heavy atom. The van der Waals surface area contributed by atoms with Gasteiger partial charge in [0.2, 0.25) is 0 Å². The van der Waals surface area contributed by atoms with Gasteiger partial charge in [0.05, 0.1) is 16.2 Å². The quantitative estimate of drug-likeness (QED) is 0.732.